The molecule has 1 N–H and O–H groups in total. The van der Waals surface area contributed by atoms with Gasteiger partial charge in [-0.3, -0.25) is 4.79 Å². The molecule has 3 rings (SSSR count). The van der Waals surface area contributed by atoms with Crippen molar-refractivity contribution in [1.82, 2.24) is 5.43 Å². The van der Waals surface area contributed by atoms with E-state index in [1.165, 1.54) is 0 Å². The van der Waals surface area contributed by atoms with Crippen molar-refractivity contribution in [3.8, 4) is 22.6 Å². The van der Waals surface area contributed by atoms with Gasteiger partial charge in [-0.1, -0.05) is 54.6 Å². The van der Waals surface area contributed by atoms with E-state index < -0.39 is 0 Å². The van der Waals surface area contributed by atoms with Gasteiger partial charge < -0.3 is 9.47 Å². The Morgan fingerprint density at radius 2 is 1.50 bits per heavy atom. The van der Waals surface area contributed by atoms with Gasteiger partial charge >= 0.3 is 0 Å². The van der Waals surface area contributed by atoms with Crippen molar-refractivity contribution in [3.63, 3.8) is 0 Å². The first-order chi connectivity index (χ1) is 14.5. The van der Waals surface area contributed by atoms with E-state index in [4.69, 9.17) is 9.47 Å². The fraction of sp³-hybridized carbons (Fsp3) is 0.200. The maximum Gasteiger partial charge on any atom is 0.271 e. The average molecular weight is 402 g/mol. The highest BCUT2D eigenvalue weighted by molar-refractivity contribution is 6.01. The van der Waals surface area contributed by atoms with Gasteiger partial charge in [-0.2, -0.15) is 5.10 Å². The predicted molar refractivity (Wildman–Crippen MR) is 120 cm³/mol. The van der Waals surface area contributed by atoms with E-state index in [2.05, 4.69) is 22.7 Å². The monoisotopic (exact) mass is 402 g/mol. The zero-order valence-electron chi connectivity index (χ0n) is 17.7. The van der Waals surface area contributed by atoms with Crippen LogP contribution in [0.15, 0.2) is 77.9 Å². The Labute approximate surface area is 177 Å². The van der Waals surface area contributed by atoms with E-state index in [0.29, 0.717) is 17.1 Å². The van der Waals surface area contributed by atoms with Crippen LogP contribution in [0, 0.1) is 0 Å². The number of nitrogens with zero attached hydrogens (tertiary/aromatic N) is 1. The molecule has 3 aromatic rings. The third kappa shape index (κ3) is 5.26. The van der Waals surface area contributed by atoms with Crippen LogP contribution in [0.1, 0.15) is 36.7 Å². The normalized spacial score (nSPS) is 11.3. The van der Waals surface area contributed by atoms with Crippen LogP contribution in [0.2, 0.25) is 0 Å². The molecule has 0 unspecified atom stereocenters. The van der Waals surface area contributed by atoms with Gasteiger partial charge in [-0.15, -0.1) is 0 Å². The molecule has 30 heavy (non-hydrogen) atoms. The first-order valence-corrected chi connectivity index (χ1v) is 9.83. The molecular formula is C25H26N2O3. The first-order valence-electron chi connectivity index (χ1n) is 9.83. The summed E-state index contributed by atoms with van der Waals surface area (Å²) in [4.78, 5) is 12.5. The molecule has 5 nitrogen and oxygen atoms in total. The molecule has 154 valence electrons. The van der Waals surface area contributed by atoms with Gasteiger partial charge in [0.1, 0.15) is 0 Å². The summed E-state index contributed by atoms with van der Waals surface area (Å²) >= 11 is 0. The summed E-state index contributed by atoms with van der Waals surface area (Å²) in [5, 5.41) is 4.24. The summed E-state index contributed by atoms with van der Waals surface area (Å²) in [5.41, 5.74) is 7.00. The van der Waals surface area contributed by atoms with Gasteiger partial charge in [-0.25, -0.2) is 5.43 Å². The second-order valence-corrected chi connectivity index (χ2v) is 7.11. The zero-order chi connectivity index (χ0) is 21.5. The van der Waals surface area contributed by atoms with Crippen molar-refractivity contribution in [3.05, 3.63) is 83.9 Å². The highest BCUT2D eigenvalue weighted by atomic mass is 16.5. The molecule has 0 bridgehead atoms. The van der Waals surface area contributed by atoms with Crippen LogP contribution < -0.4 is 14.9 Å². The molecule has 0 saturated heterocycles. The largest absolute Gasteiger partial charge is 0.493 e. The smallest absolute Gasteiger partial charge is 0.271 e. The number of carbonyl (C=O) groups excluding carboxylic acids is 1. The Bertz CT molecular complexity index is 1030. The highest BCUT2D eigenvalue weighted by Crippen LogP contribution is 2.29. The van der Waals surface area contributed by atoms with Crippen molar-refractivity contribution in [2.24, 2.45) is 5.10 Å². The molecular weight excluding hydrogens is 376 g/mol. The Morgan fingerprint density at radius 1 is 0.867 bits per heavy atom. The standard InChI is InChI=1S/C25H26N2O3/c1-17(2)30-23-15-14-22(16-24(23)29-4)25(28)27-26-18(3)19-10-12-21(13-11-19)20-8-6-5-7-9-20/h5-17H,1-4H3,(H,27,28)/b26-18-. The van der Waals surface area contributed by atoms with Crippen molar-refractivity contribution in [1.29, 1.82) is 0 Å². The van der Waals surface area contributed by atoms with E-state index in [-0.39, 0.29) is 12.0 Å². The van der Waals surface area contributed by atoms with Crippen LogP contribution in [0.3, 0.4) is 0 Å². The van der Waals surface area contributed by atoms with Crippen molar-refractivity contribution in [2.75, 3.05) is 7.11 Å². The minimum atomic E-state index is -0.315. The molecule has 0 spiro atoms. The second-order valence-electron chi connectivity index (χ2n) is 7.11. The number of hydrogen-bond donors (Lipinski definition) is 1. The number of hydrogen-bond acceptors (Lipinski definition) is 4. The molecule has 5 heteroatoms. The van der Waals surface area contributed by atoms with Gasteiger partial charge in [0.25, 0.3) is 5.91 Å². The summed E-state index contributed by atoms with van der Waals surface area (Å²) in [6, 6.07) is 23.3. The van der Waals surface area contributed by atoms with Gasteiger partial charge in [0.15, 0.2) is 11.5 Å². The molecule has 0 heterocycles. The van der Waals surface area contributed by atoms with Crippen molar-refractivity contribution >= 4 is 11.6 Å². The van der Waals surface area contributed by atoms with Crippen LogP contribution in [0.4, 0.5) is 0 Å². The zero-order valence-corrected chi connectivity index (χ0v) is 17.7. The molecule has 0 aromatic heterocycles. The molecule has 0 atom stereocenters. The lowest BCUT2D eigenvalue weighted by Crippen LogP contribution is -2.19. The van der Waals surface area contributed by atoms with E-state index in [1.807, 2.05) is 63.2 Å². The SMILES string of the molecule is COc1cc(C(=O)N/N=C(/C)c2ccc(-c3ccccc3)cc2)ccc1OC(C)C. The molecule has 0 aliphatic carbocycles. The number of carbonyl (C=O) groups is 1. The quantitative estimate of drug-likeness (QED) is 0.431. The fourth-order valence-electron chi connectivity index (χ4n) is 2.96. The molecule has 0 aliphatic rings. The number of rotatable bonds is 7. The Hall–Kier alpha value is -3.60. The van der Waals surface area contributed by atoms with Crippen LogP contribution >= 0.6 is 0 Å². The van der Waals surface area contributed by atoms with E-state index >= 15 is 0 Å². The van der Waals surface area contributed by atoms with Crippen molar-refractivity contribution < 1.29 is 14.3 Å². The average Bonchev–Trinajstić information content (AvgIpc) is 2.77. The van der Waals surface area contributed by atoms with E-state index in [9.17, 15) is 4.79 Å². The summed E-state index contributed by atoms with van der Waals surface area (Å²) in [6.07, 6.45) is 0.0131. The van der Waals surface area contributed by atoms with Gasteiger partial charge in [0.2, 0.25) is 0 Å². The molecule has 0 radical (unpaired) electrons. The summed E-state index contributed by atoms with van der Waals surface area (Å²) in [7, 11) is 1.55. The number of benzene rings is 3. The maximum absolute atomic E-state index is 12.5. The lowest BCUT2D eigenvalue weighted by atomic mass is 10.0. The van der Waals surface area contributed by atoms with Crippen LogP contribution in [0.25, 0.3) is 11.1 Å². The minimum absolute atomic E-state index is 0.0131. The lowest BCUT2D eigenvalue weighted by molar-refractivity contribution is 0.0954. The Kier molecular flexibility index (Phi) is 6.86. The van der Waals surface area contributed by atoms with Crippen LogP contribution in [0.5, 0.6) is 11.5 Å². The van der Waals surface area contributed by atoms with Crippen LogP contribution in [-0.2, 0) is 0 Å². The van der Waals surface area contributed by atoms with Crippen LogP contribution in [-0.4, -0.2) is 24.8 Å². The predicted octanol–water partition coefficient (Wildman–Crippen LogP) is 5.30. The Balaban J connectivity index is 1.69. The molecule has 0 saturated carbocycles. The number of hydrazone groups is 1. The molecule has 3 aromatic carbocycles. The van der Waals surface area contributed by atoms with Gasteiger partial charge in [0, 0.05) is 5.56 Å². The maximum atomic E-state index is 12.5. The second kappa shape index (κ2) is 9.74. The van der Waals surface area contributed by atoms with Crippen molar-refractivity contribution in [2.45, 2.75) is 26.9 Å². The molecule has 0 aliphatic heterocycles. The van der Waals surface area contributed by atoms with E-state index in [1.54, 1.807) is 25.3 Å². The Morgan fingerprint density at radius 3 is 2.13 bits per heavy atom. The number of ether oxygens (including phenoxy) is 2. The number of methoxy groups -OCH3 is 1. The minimum Gasteiger partial charge on any atom is -0.493 e. The topological polar surface area (TPSA) is 59.9 Å². The third-order valence-corrected chi connectivity index (χ3v) is 4.52. The molecule has 0 fully saturated rings. The van der Waals surface area contributed by atoms with Gasteiger partial charge in [-0.05, 0) is 55.7 Å². The lowest BCUT2D eigenvalue weighted by Gasteiger charge is -2.14. The number of nitrogens with one attached hydrogen (secondary N) is 1. The first kappa shape index (κ1) is 21.1. The van der Waals surface area contributed by atoms with Gasteiger partial charge in [0.05, 0.1) is 18.9 Å². The summed E-state index contributed by atoms with van der Waals surface area (Å²) in [6.45, 7) is 5.73. The summed E-state index contributed by atoms with van der Waals surface area (Å²) in [5.74, 6) is 0.792. The summed E-state index contributed by atoms with van der Waals surface area (Å²) < 4.78 is 11.0. The van der Waals surface area contributed by atoms with E-state index in [0.717, 1.165) is 22.4 Å². The highest BCUT2D eigenvalue weighted by Gasteiger charge is 2.12. The molecule has 1 amide bonds. The third-order valence-electron chi connectivity index (χ3n) is 4.52. The fourth-order valence-corrected chi connectivity index (χ4v) is 2.96. The number of amides is 1.